The Hall–Kier alpha value is -1.17. The van der Waals surface area contributed by atoms with Gasteiger partial charge in [0.15, 0.2) is 0 Å². The molecule has 1 aliphatic rings. The molecule has 3 N–H and O–H groups in total. The van der Waals surface area contributed by atoms with Crippen molar-refractivity contribution >= 4 is 18.3 Å². The molecule has 2 unspecified atom stereocenters. The van der Waals surface area contributed by atoms with Crippen LogP contribution in [0.15, 0.2) is 24.3 Å². The fourth-order valence-corrected chi connectivity index (χ4v) is 2.85. The summed E-state index contributed by atoms with van der Waals surface area (Å²) < 4.78 is 12.8. The van der Waals surface area contributed by atoms with E-state index in [2.05, 4.69) is 17.1 Å². The van der Waals surface area contributed by atoms with Crippen LogP contribution in [0, 0.1) is 11.2 Å². The fraction of sp³-hybridized carbons (Fsp3) is 0.588. The first kappa shape index (κ1) is 19.9. The van der Waals surface area contributed by atoms with E-state index in [-0.39, 0.29) is 35.6 Å². The van der Waals surface area contributed by atoms with Crippen molar-refractivity contribution < 1.29 is 9.18 Å². The zero-order chi connectivity index (χ0) is 16.2. The molecule has 1 aromatic carbocycles. The van der Waals surface area contributed by atoms with Crippen LogP contribution in [0.25, 0.3) is 0 Å². The van der Waals surface area contributed by atoms with E-state index in [0.29, 0.717) is 19.5 Å². The van der Waals surface area contributed by atoms with Crippen LogP contribution in [0.3, 0.4) is 0 Å². The molecule has 1 saturated heterocycles. The molecule has 130 valence electrons. The summed E-state index contributed by atoms with van der Waals surface area (Å²) in [6.07, 6.45) is 1.75. The quantitative estimate of drug-likeness (QED) is 0.830. The normalized spacial score (nSPS) is 22.4. The highest BCUT2D eigenvalue weighted by atomic mass is 35.5. The Balaban J connectivity index is 0.00000264. The van der Waals surface area contributed by atoms with Gasteiger partial charge in [-0.05, 0) is 56.0 Å². The summed E-state index contributed by atoms with van der Waals surface area (Å²) in [5.41, 5.74) is 6.96. The second-order valence-electron chi connectivity index (χ2n) is 6.58. The van der Waals surface area contributed by atoms with E-state index in [4.69, 9.17) is 5.73 Å². The summed E-state index contributed by atoms with van der Waals surface area (Å²) in [4.78, 5) is 14.4. The number of carbonyl (C=O) groups excluding carboxylic acids is 1. The van der Waals surface area contributed by atoms with Crippen molar-refractivity contribution in [3.05, 3.63) is 35.6 Å². The first-order chi connectivity index (χ1) is 10.4. The summed E-state index contributed by atoms with van der Waals surface area (Å²) >= 11 is 0. The molecule has 4 nitrogen and oxygen atoms in total. The largest absolute Gasteiger partial charge is 0.354 e. The van der Waals surface area contributed by atoms with Gasteiger partial charge in [0, 0.05) is 13.1 Å². The maximum absolute atomic E-state index is 12.8. The highest BCUT2D eigenvalue weighted by molar-refractivity contribution is 5.85. The van der Waals surface area contributed by atoms with Crippen LogP contribution in [0.4, 0.5) is 4.39 Å². The van der Waals surface area contributed by atoms with E-state index >= 15 is 0 Å². The van der Waals surface area contributed by atoms with Gasteiger partial charge in [-0.25, -0.2) is 4.39 Å². The van der Waals surface area contributed by atoms with Crippen LogP contribution in [-0.2, 0) is 11.2 Å². The maximum Gasteiger partial charge on any atom is 0.237 e. The monoisotopic (exact) mass is 343 g/mol. The van der Waals surface area contributed by atoms with Gasteiger partial charge in [-0.1, -0.05) is 19.1 Å². The molecule has 0 radical (unpaired) electrons. The molecule has 0 aromatic heterocycles. The Morgan fingerprint density at radius 2 is 2.09 bits per heavy atom. The predicted octanol–water partition coefficient (Wildman–Crippen LogP) is 1.97. The number of nitrogens with one attached hydrogen (secondary N) is 1. The number of carbonyl (C=O) groups is 1. The van der Waals surface area contributed by atoms with Crippen molar-refractivity contribution in [3.63, 3.8) is 0 Å². The molecule has 0 spiro atoms. The zero-order valence-electron chi connectivity index (χ0n) is 13.8. The number of nitrogens with zero attached hydrogens (tertiary/aromatic N) is 1. The first-order valence-electron chi connectivity index (χ1n) is 7.90. The third kappa shape index (κ3) is 5.44. The number of benzene rings is 1. The van der Waals surface area contributed by atoms with Crippen molar-refractivity contribution in [1.82, 2.24) is 10.2 Å². The molecule has 0 bridgehead atoms. The van der Waals surface area contributed by atoms with Gasteiger partial charge in [-0.3, -0.25) is 9.69 Å². The molecule has 0 aliphatic carbocycles. The number of amides is 1. The zero-order valence-corrected chi connectivity index (χ0v) is 14.7. The maximum atomic E-state index is 12.8. The number of nitrogens with two attached hydrogens (primary N) is 1. The van der Waals surface area contributed by atoms with Crippen LogP contribution >= 0.6 is 12.4 Å². The van der Waals surface area contributed by atoms with Crippen molar-refractivity contribution in [1.29, 1.82) is 0 Å². The molecule has 1 fully saturated rings. The van der Waals surface area contributed by atoms with Gasteiger partial charge in [0.2, 0.25) is 5.91 Å². The second-order valence-corrected chi connectivity index (χ2v) is 6.58. The van der Waals surface area contributed by atoms with Crippen LogP contribution in [0.2, 0.25) is 0 Å². The molecule has 2 atom stereocenters. The summed E-state index contributed by atoms with van der Waals surface area (Å²) in [5, 5.41) is 2.96. The van der Waals surface area contributed by atoms with E-state index in [1.807, 2.05) is 6.92 Å². The summed E-state index contributed by atoms with van der Waals surface area (Å²) in [6, 6.07) is 6.24. The van der Waals surface area contributed by atoms with Gasteiger partial charge in [0.05, 0.1) is 6.04 Å². The van der Waals surface area contributed by atoms with Gasteiger partial charge in [0.25, 0.3) is 0 Å². The van der Waals surface area contributed by atoms with Crippen molar-refractivity contribution in [2.45, 2.75) is 32.7 Å². The standard InChI is InChI=1S/C17H26FN3O.ClH/c1-13(21-10-8-17(2,11-19)12-21)16(22)20-9-7-14-3-5-15(18)6-4-14;/h3-6,13H,7-12,19H2,1-2H3,(H,20,22);1H. The highest BCUT2D eigenvalue weighted by Gasteiger charge is 2.36. The van der Waals surface area contributed by atoms with E-state index in [9.17, 15) is 9.18 Å². The van der Waals surface area contributed by atoms with Crippen molar-refractivity contribution in [3.8, 4) is 0 Å². The third-order valence-electron chi connectivity index (χ3n) is 4.63. The molecule has 1 heterocycles. The fourth-order valence-electron chi connectivity index (χ4n) is 2.85. The van der Waals surface area contributed by atoms with Gasteiger partial charge < -0.3 is 11.1 Å². The lowest BCUT2D eigenvalue weighted by Crippen LogP contribution is -2.45. The molecular weight excluding hydrogens is 317 g/mol. The molecule has 0 saturated carbocycles. The van der Waals surface area contributed by atoms with Crippen molar-refractivity contribution in [2.24, 2.45) is 11.1 Å². The molecule has 2 rings (SSSR count). The lowest BCUT2D eigenvalue weighted by atomic mass is 9.90. The lowest BCUT2D eigenvalue weighted by Gasteiger charge is -2.26. The van der Waals surface area contributed by atoms with Crippen LogP contribution < -0.4 is 11.1 Å². The van der Waals surface area contributed by atoms with Crippen LogP contribution in [-0.4, -0.2) is 43.0 Å². The summed E-state index contributed by atoms with van der Waals surface area (Å²) in [7, 11) is 0. The van der Waals surface area contributed by atoms with Gasteiger partial charge >= 0.3 is 0 Å². The predicted molar refractivity (Wildman–Crippen MR) is 93.2 cm³/mol. The molecule has 6 heteroatoms. The smallest absolute Gasteiger partial charge is 0.237 e. The lowest BCUT2D eigenvalue weighted by molar-refractivity contribution is -0.125. The average molecular weight is 344 g/mol. The molecule has 23 heavy (non-hydrogen) atoms. The number of rotatable bonds is 6. The van der Waals surface area contributed by atoms with Gasteiger partial charge in [0.1, 0.15) is 5.82 Å². The summed E-state index contributed by atoms with van der Waals surface area (Å²) in [6.45, 7) is 7.12. The molecule has 1 amide bonds. The topological polar surface area (TPSA) is 58.4 Å². The Labute approximate surface area is 144 Å². The number of likely N-dealkylation sites (tertiary alicyclic amines) is 1. The number of hydrogen-bond acceptors (Lipinski definition) is 3. The average Bonchev–Trinajstić information content (AvgIpc) is 2.91. The van der Waals surface area contributed by atoms with E-state index in [1.165, 1.54) is 12.1 Å². The Bertz CT molecular complexity index is 511. The highest BCUT2D eigenvalue weighted by Crippen LogP contribution is 2.29. The minimum Gasteiger partial charge on any atom is -0.354 e. The SMILES string of the molecule is CC(C(=O)NCCc1ccc(F)cc1)N1CCC(C)(CN)C1.Cl. The number of halogens is 2. The van der Waals surface area contributed by atoms with E-state index in [0.717, 1.165) is 25.1 Å². The second kappa shape index (κ2) is 8.62. The molecular formula is C17H27ClFN3O. The van der Waals surface area contributed by atoms with E-state index in [1.54, 1.807) is 12.1 Å². The van der Waals surface area contributed by atoms with Crippen LogP contribution in [0.1, 0.15) is 25.8 Å². The van der Waals surface area contributed by atoms with Crippen LogP contribution in [0.5, 0.6) is 0 Å². The molecule has 1 aromatic rings. The van der Waals surface area contributed by atoms with Gasteiger partial charge in [-0.2, -0.15) is 0 Å². The third-order valence-corrected chi connectivity index (χ3v) is 4.63. The summed E-state index contributed by atoms with van der Waals surface area (Å²) in [5.74, 6) is -0.193. The molecule has 1 aliphatic heterocycles. The first-order valence-corrected chi connectivity index (χ1v) is 7.90. The van der Waals surface area contributed by atoms with E-state index < -0.39 is 0 Å². The Morgan fingerprint density at radius 1 is 1.43 bits per heavy atom. The van der Waals surface area contributed by atoms with Gasteiger partial charge in [-0.15, -0.1) is 12.4 Å². The Kier molecular flexibility index (Phi) is 7.45. The number of hydrogen-bond donors (Lipinski definition) is 2. The minimum atomic E-state index is -0.238. The van der Waals surface area contributed by atoms with Crippen molar-refractivity contribution in [2.75, 3.05) is 26.2 Å². The minimum absolute atomic E-state index is 0. The Morgan fingerprint density at radius 3 is 2.65 bits per heavy atom.